The molecule has 1 atom stereocenters. The molecule has 0 spiro atoms. The van der Waals surface area contributed by atoms with Crippen molar-refractivity contribution < 1.29 is 9.53 Å². The predicted octanol–water partition coefficient (Wildman–Crippen LogP) is 2.33. The Balaban J connectivity index is 1.70. The fourth-order valence-electron chi connectivity index (χ4n) is 2.62. The molecule has 0 aromatic heterocycles. The number of carbonyl (C=O) groups excluding carboxylic acids is 1. The highest BCUT2D eigenvalue weighted by Gasteiger charge is 2.31. The van der Waals surface area contributed by atoms with Gasteiger partial charge in [0.1, 0.15) is 0 Å². The molecule has 0 bridgehead atoms. The molecule has 1 aromatic carbocycles. The van der Waals surface area contributed by atoms with Gasteiger partial charge in [0.25, 0.3) is 0 Å². The molecule has 0 aliphatic heterocycles. The van der Waals surface area contributed by atoms with E-state index in [9.17, 15) is 4.79 Å². The molecule has 2 rings (SSSR count). The third-order valence-electron chi connectivity index (χ3n) is 3.96. The van der Waals surface area contributed by atoms with Crippen LogP contribution in [0.4, 0.5) is 0 Å². The van der Waals surface area contributed by atoms with Crippen molar-refractivity contribution in [3.05, 3.63) is 34.9 Å². The molecular weight excluding hydrogens is 288 g/mol. The third-order valence-corrected chi connectivity index (χ3v) is 4.22. The van der Waals surface area contributed by atoms with Gasteiger partial charge in [0.15, 0.2) is 0 Å². The lowest BCUT2D eigenvalue weighted by Gasteiger charge is -2.37. The van der Waals surface area contributed by atoms with Crippen LogP contribution >= 0.6 is 11.6 Å². The van der Waals surface area contributed by atoms with Crippen LogP contribution in [0, 0.1) is 0 Å². The average molecular weight is 311 g/mol. The van der Waals surface area contributed by atoms with E-state index < -0.39 is 0 Å². The summed E-state index contributed by atoms with van der Waals surface area (Å²) in [4.78, 5) is 11.8. The van der Waals surface area contributed by atoms with Gasteiger partial charge in [-0.05, 0) is 43.4 Å². The van der Waals surface area contributed by atoms with E-state index in [1.165, 1.54) is 5.56 Å². The normalized spacial score (nSPS) is 22.4. The molecule has 116 valence electrons. The lowest BCUT2D eigenvalue weighted by molar-refractivity contribution is -0.123. The van der Waals surface area contributed by atoms with Gasteiger partial charge in [-0.25, -0.2) is 0 Å². The Morgan fingerprint density at radius 2 is 2.05 bits per heavy atom. The standard InChI is InChI=1S/C16H23ClN2O2/c1-11(16(20)18-7-8-21-2)19-15-9-13(10-15)12-3-5-14(17)6-4-12/h3-6,11,13,15,19H,7-10H2,1-2H3,(H,18,20). The van der Waals surface area contributed by atoms with Crippen LogP contribution in [0.1, 0.15) is 31.2 Å². The number of nitrogens with one attached hydrogen (secondary N) is 2. The number of rotatable bonds is 7. The van der Waals surface area contributed by atoms with Crippen LogP contribution < -0.4 is 10.6 Å². The van der Waals surface area contributed by atoms with Crippen LogP contribution in [0.25, 0.3) is 0 Å². The molecule has 21 heavy (non-hydrogen) atoms. The Hall–Kier alpha value is -1.10. The van der Waals surface area contributed by atoms with Gasteiger partial charge in [-0.15, -0.1) is 0 Å². The zero-order valence-corrected chi connectivity index (χ0v) is 13.3. The van der Waals surface area contributed by atoms with Gasteiger partial charge in [0, 0.05) is 24.7 Å². The second-order valence-corrected chi connectivity index (χ2v) is 6.03. The lowest BCUT2D eigenvalue weighted by atomic mass is 9.75. The number of halogens is 1. The maximum Gasteiger partial charge on any atom is 0.236 e. The van der Waals surface area contributed by atoms with Crippen molar-refractivity contribution in [2.24, 2.45) is 0 Å². The fourth-order valence-corrected chi connectivity index (χ4v) is 2.75. The van der Waals surface area contributed by atoms with Crippen molar-refractivity contribution in [3.8, 4) is 0 Å². The summed E-state index contributed by atoms with van der Waals surface area (Å²) >= 11 is 5.90. The van der Waals surface area contributed by atoms with E-state index in [-0.39, 0.29) is 11.9 Å². The molecule has 1 saturated carbocycles. The molecule has 1 unspecified atom stereocenters. The highest BCUT2D eigenvalue weighted by atomic mass is 35.5. The highest BCUT2D eigenvalue weighted by molar-refractivity contribution is 6.30. The molecule has 0 radical (unpaired) electrons. The number of benzene rings is 1. The summed E-state index contributed by atoms with van der Waals surface area (Å²) in [7, 11) is 1.62. The summed E-state index contributed by atoms with van der Waals surface area (Å²) in [6.45, 7) is 3.00. The second-order valence-electron chi connectivity index (χ2n) is 5.59. The maximum atomic E-state index is 11.8. The molecule has 1 fully saturated rings. The Labute approximate surface area is 131 Å². The molecule has 2 N–H and O–H groups in total. The molecule has 0 heterocycles. The van der Waals surface area contributed by atoms with Crippen molar-refractivity contribution in [1.82, 2.24) is 10.6 Å². The molecule has 1 aliphatic rings. The topological polar surface area (TPSA) is 50.4 Å². The van der Waals surface area contributed by atoms with E-state index >= 15 is 0 Å². The summed E-state index contributed by atoms with van der Waals surface area (Å²) in [5.74, 6) is 0.602. The van der Waals surface area contributed by atoms with Gasteiger partial charge >= 0.3 is 0 Å². The van der Waals surface area contributed by atoms with E-state index in [1.807, 2.05) is 19.1 Å². The van der Waals surface area contributed by atoms with Crippen LogP contribution in [0.3, 0.4) is 0 Å². The van der Waals surface area contributed by atoms with Crippen molar-refractivity contribution in [2.45, 2.75) is 37.8 Å². The van der Waals surface area contributed by atoms with Crippen molar-refractivity contribution >= 4 is 17.5 Å². The first-order chi connectivity index (χ1) is 10.1. The Kier molecular flexibility index (Phi) is 6.03. The maximum absolute atomic E-state index is 11.8. The Morgan fingerprint density at radius 1 is 1.38 bits per heavy atom. The second kappa shape index (κ2) is 7.78. The highest BCUT2D eigenvalue weighted by Crippen LogP contribution is 2.37. The first-order valence-electron chi connectivity index (χ1n) is 7.38. The van der Waals surface area contributed by atoms with E-state index in [1.54, 1.807) is 7.11 Å². The zero-order chi connectivity index (χ0) is 15.2. The van der Waals surface area contributed by atoms with Crippen molar-refractivity contribution in [1.29, 1.82) is 0 Å². The minimum Gasteiger partial charge on any atom is -0.383 e. The number of ether oxygens (including phenoxy) is 1. The summed E-state index contributed by atoms with van der Waals surface area (Å²) in [6, 6.07) is 8.29. The number of methoxy groups -OCH3 is 1. The molecule has 4 nitrogen and oxygen atoms in total. The van der Waals surface area contributed by atoms with Crippen molar-refractivity contribution in [3.63, 3.8) is 0 Å². The minimum absolute atomic E-state index is 0.0296. The SMILES string of the molecule is COCCNC(=O)C(C)NC1CC(c2ccc(Cl)cc2)C1. The summed E-state index contributed by atoms with van der Waals surface area (Å²) < 4.78 is 4.91. The van der Waals surface area contributed by atoms with Gasteiger partial charge in [-0.3, -0.25) is 4.79 Å². The van der Waals surface area contributed by atoms with E-state index in [0.717, 1.165) is 17.9 Å². The van der Waals surface area contributed by atoms with E-state index in [0.29, 0.717) is 25.1 Å². The molecule has 0 saturated heterocycles. The number of hydrogen-bond donors (Lipinski definition) is 2. The number of carbonyl (C=O) groups is 1. The minimum atomic E-state index is -0.168. The molecule has 1 amide bonds. The summed E-state index contributed by atoms with van der Waals surface area (Å²) in [5, 5.41) is 6.99. The third kappa shape index (κ3) is 4.70. The van der Waals surface area contributed by atoms with Crippen LogP contribution in [-0.2, 0) is 9.53 Å². The van der Waals surface area contributed by atoms with Gasteiger partial charge < -0.3 is 15.4 Å². The quantitative estimate of drug-likeness (QED) is 0.760. The monoisotopic (exact) mass is 310 g/mol. The van der Waals surface area contributed by atoms with Gasteiger partial charge in [-0.1, -0.05) is 23.7 Å². The largest absolute Gasteiger partial charge is 0.383 e. The van der Waals surface area contributed by atoms with Crippen LogP contribution in [-0.4, -0.2) is 38.3 Å². The van der Waals surface area contributed by atoms with Gasteiger partial charge in [-0.2, -0.15) is 0 Å². The predicted molar refractivity (Wildman–Crippen MR) is 84.7 cm³/mol. The summed E-state index contributed by atoms with van der Waals surface area (Å²) in [6.07, 6.45) is 2.13. The molecule has 1 aromatic rings. The fraction of sp³-hybridized carbons (Fsp3) is 0.562. The lowest BCUT2D eigenvalue weighted by Crippen LogP contribution is -2.51. The molecular formula is C16H23ClN2O2. The van der Waals surface area contributed by atoms with Crippen molar-refractivity contribution in [2.75, 3.05) is 20.3 Å². The first kappa shape index (κ1) is 16.3. The van der Waals surface area contributed by atoms with Crippen LogP contribution in [0.5, 0.6) is 0 Å². The molecule has 5 heteroatoms. The van der Waals surface area contributed by atoms with Gasteiger partial charge in [0.05, 0.1) is 12.6 Å². The number of amides is 1. The first-order valence-corrected chi connectivity index (χ1v) is 7.76. The molecule has 1 aliphatic carbocycles. The Morgan fingerprint density at radius 3 is 2.67 bits per heavy atom. The number of hydrogen-bond acceptors (Lipinski definition) is 3. The zero-order valence-electron chi connectivity index (χ0n) is 12.6. The van der Waals surface area contributed by atoms with Crippen LogP contribution in [0.2, 0.25) is 5.02 Å². The smallest absolute Gasteiger partial charge is 0.236 e. The average Bonchev–Trinajstić information content (AvgIpc) is 2.43. The summed E-state index contributed by atoms with van der Waals surface area (Å²) in [5.41, 5.74) is 1.33. The van der Waals surface area contributed by atoms with Crippen LogP contribution in [0.15, 0.2) is 24.3 Å². The van der Waals surface area contributed by atoms with E-state index in [4.69, 9.17) is 16.3 Å². The van der Waals surface area contributed by atoms with E-state index in [2.05, 4.69) is 22.8 Å². The Bertz CT molecular complexity index is 458. The van der Waals surface area contributed by atoms with Gasteiger partial charge in [0.2, 0.25) is 5.91 Å².